The Morgan fingerprint density at radius 1 is 1.04 bits per heavy atom. The van der Waals surface area contributed by atoms with E-state index in [1.165, 1.54) is 18.2 Å². The second-order valence-corrected chi connectivity index (χ2v) is 6.79. The molecule has 4 nitrogen and oxygen atoms in total. The fourth-order valence-corrected chi connectivity index (χ4v) is 3.85. The van der Waals surface area contributed by atoms with Crippen molar-refractivity contribution in [3.8, 4) is 0 Å². The van der Waals surface area contributed by atoms with Gasteiger partial charge >= 0.3 is 6.18 Å². The standard InChI is InChI=1S/C20H17F3N2O2/c21-20(22,23)16-6-2-1-5-15(16)19(27)24-14-10-12-4-3-9-25-17(26)8-7-13(11-14)18(12)25/h1-2,5-6,10-11H,3-4,7-9H2,(H,24,27). The summed E-state index contributed by atoms with van der Waals surface area (Å²) in [5, 5.41) is 2.60. The van der Waals surface area contributed by atoms with Crippen LogP contribution in [0.2, 0.25) is 0 Å². The lowest BCUT2D eigenvalue weighted by Gasteiger charge is -2.35. The SMILES string of the molecule is O=C(Nc1cc2c3c(c1)CCC(=O)N3CCC2)c1ccccc1C(F)(F)F. The molecule has 0 atom stereocenters. The molecule has 7 heteroatoms. The molecule has 0 bridgehead atoms. The molecule has 2 heterocycles. The van der Waals surface area contributed by atoms with Gasteiger partial charge in [-0.2, -0.15) is 13.2 Å². The summed E-state index contributed by atoms with van der Waals surface area (Å²) in [6.07, 6.45) is -2.03. The average Bonchev–Trinajstić information content (AvgIpc) is 2.64. The van der Waals surface area contributed by atoms with Crippen LogP contribution in [0.3, 0.4) is 0 Å². The van der Waals surface area contributed by atoms with E-state index in [1.807, 2.05) is 0 Å². The zero-order valence-electron chi connectivity index (χ0n) is 14.4. The number of aryl methyl sites for hydroxylation is 2. The van der Waals surface area contributed by atoms with Crippen molar-refractivity contribution in [2.75, 3.05) is 16.8 Å². The van der Waals surface area contributed by atoms with E-state index in [2.05, 4.69) is 5.32 Å². The van der Waals surface area contributed by atoms with Gasteiger partial charge in [0.15, 0.2) is 0 Å². The van der Waals surface area contributed by atoms with Gasteiger partial charge in [-0.15, -0.1) is 0 Å². The summed E-state index contributed by atoms with van der Waals surface area (Å²) in [6, 6.07) is 8.25. The molecule has 1 N–H and O–H groups in total. The number of carbonyl (C=O) groups excluding carboxylic acids is 2. The van der Waals surface area contributed by atoms with Gasteiger partial charge in [0.25, 0.3) is 5.91 Å². The number of alkyl halides is 3. The number of nitrogens with one attached hydrogen (secondary N) is 1. The van der Waals surface area contributed by atoms with Gasteiger partial charge < -0.3 is 10.2 Å². The zero-order valence-corrected chi connectivity index (χ0v) is 14.4. The Hall–Kier alpha value is -2.83. The van der Waals surface area contributed by atoms with Crippen LogP contribution in [0.25, 0.3) is 0 Å². The Morgan fingerprint density at radius 3 is 2.48 bits per heavy atom. The molecular formula is C20H17F3N2O2. The van der Waals surface area contributed by atoms with Gasteiger partial charge in [-0.1, -0.05) is 12.1 Å². The summed E-state index contributed by atoms with van der Waals surface area (Å²) in [7, 11) is 0. The summed E-state index contributed by atoms with van der Waals surface area (Å²) in [4.78, 5) is 26.4. The van der Waals surface area contributed by atoms with Crippen molar-refractivity contribution in [3.05, 3.63) is 58.7 Å². The van der Waals surface area contributed by atoms with Gasteiger partial charge in [0.05, 0.1) is 16.8 Å². The van der Waals surface area contributed by atoms with Crippen molar-refractivity contribution < 1.29 is 22.8 Å². The van der Waals surface area contributed by atoms with Crippen molar-refractivity contribution >= 4 is 23.2 Å². The van der Waals surface area contributed by atoms with E-state index in [-0.39, 0.29) is 5.91 Å². The topological polar surface area (TPSA) is 49.4 Å². The van der Waals surface area contributed by atoms with Crippen LogP contribution >= 0.6 is 0 Å². The van der Waals surface area contributed by atoms with Gasteiger partial charge in [-0.25, -0.2) is 0 Å². The molecule has 0 unspecified atom stereocenters. The Labute approximate surface area is 154 Å². The Bertz CT molecular complexity index is 920. The summed E-state index contributed by atoms with van der Waals surface area (Å²) in [5.41, 5.74) is 1.90. The van der Waals surface area contributed by atoms with Crippen molar-refractivity contribution in [1.82, 2.24) is 0 Å². The molecule has 0 saturated carbocycles. The molecule has 2 aromatic carbocycles. The predicted octanol–water partition coefficient (Wildman–Crippen LogP) is 4.18. The number of hydrogen-bond donors (Lipinski definition) is 1. The van der Waals surface area contributed by atoms with E-state index >= 15 is 0 Å². The molecule has 4 rings (SSSR count). The summed E-state index contributed by atoms with van der Waals surface area (Å²) >= 11 is 0. The fourth-order valence-electron chi connectivity index (χ4n) is 3.85. The summed E-state index contributed by atoms with van der Waals surface area (Å²) in [6.45, 7) is 0.684. The van der Waals surface area contributed by atoms with Crippen LogP contribution in [0.4, 0.5) is 24.5 Å². The Morgan fingerprint density at radius 2 is 1.74 bits per heavy atom. The molecule has 2 aromatic rings. The van der Waals surface area contributed by atoms with E-state index in [0.717, 1.165) is 35.7 Å². The maximum Gasteiger partial charge on any atom is 0.417 e. The third kappa shape index (κ3) is 3.18. The van der Waals surface area contributed by atoms with Crippen LogP contribution in [0.5, 0.6) is 0 Å². The van der Waals surface area contributed by atoms with Crippen LogP contribution in [0.1, 0.15) is 39.9 Å². The molecule has 0 saturated heterocycles. The number of amides is 2. The van der Waals surface area contributed by atoms with E-state index in [4.69, 9.17) is 0 Å². The largest absolute Gasteiger partial charge is 0.417 e. The summed E-state index contributed by atoms with van der Waals surface area (Å²) < 4.78 is 39.5. The number of carbonyl (C=O) groups is 2. The second-order valence-electron chi connectivity index (χ2n) is 6.79. The van der Waals surface area contributed by atoms with Crippen LogP contribution in [0.15, 0.2) is 36.4 Å². The minimum Gasteiger partial charge on any atom is -0.322 e. The lowest BCUT2D eigenvalue weighted by molar-refractivity contribution is -0.137. The number of hydrogen-bond acceptors (Lipinski definition) is 2. The third-order valence-electron chi connectivity index (χ3n) is 5.01. The highest BCUT2D eigenvalue weighted by Crippen LogP contribution is 2.38. The van der Waals surface area contributed by atoms with Crippen molar-refractivity contribution in [2.45, 2.75) is 31.9 Å². The monoisotopic (exact) mass is 374 g/mol. The van der Waals surface area contributed by atoms with Gasteiger partial charge in [0.2, 0.25) is 5.91 Å². The molecule has 2 aliphatic rings. The van der Waals surface area contributed by atoms with Crippen molar-refractivity contribution in [1.29, 1.82) is 0 Å². The average molecular weight is 374 g/mol. The molecule has 27 heavy (non-hydrogen) atoms. The normalized spacial score (nSPS) is 16.1. The molecule has 140 valence electrons. The lowest BCUT2D eigenvalue weighted by Crippen LogP contribution is -2.39. The fraction of sp³-hybridized carbons (Fsp3) is 0.300. The summed E-state index contributed by atoms with van der Waals surface area (Å²) in [5.74, 6) is -0.700. The first kappa shape index (κ1) is 17.6. The third-order valence-corrected chi connectivity index (χ3v) is 5.01. The minimum absolute atomic E-state index is 0.0966. The van der Waals surface area contributed by atoms with Gasteiger partial charge in [0, 0.05) is 18.7 Å². The molecule has 0 spiro atoms. The first-order valence-electron chi connectivity index (χ1n) is 8.78. The molecule has 0 aliphatic carbocycles. The molecule has 0 aromatic heterocycles. The number of nitrogens with zero attached hydrogens (tertiary/aromatic N) is 1. The minimum atomic E-state index is -4.60. The van der Waals surface area contributed by atoms with E-state index < -0.39 is 23.2 Å². The molecule has 2 amide bonds. The van der Waals surface area contributed by atoms with E-state index in [0.29, 0.717) is 25.1 Å². The first-order valence-corrected chi connectivity index (χ1v) is 8.78. The zero-order chi connectivity index (χ0) is 19.2. The van der Waals surface area contributed by atoms with Crippen LogP contribution in [-0.4, -0.2) is 18.4 Å². The number of rotatable bonds is 2. The Kier molecular flexibility index (Phi) is 4.17. The number of halogens is 3. The maximum absolute atomic E-state index is 13.2. The molecular weight excluding hydrogens is 357 g/mol. The van der Waals surface area contributed by atoms with Crippen molar-refractivity contribution in [3.63, 3.8) is 0 Å². The number of benzene rings is 2. The molecule has 2 aliphatic heterocycles. The predicted molar refractivity (Wildman–Crippen MR) is 94.8 cm³/mol. The maximum atomic E-state index is 13.2. The van der Waals surface area contributed by atoms with Gasteiger partial charge in [-0.3, -0.25) is 9.59 Å². The number of anilines is 2. The second kappa shape index (κ2) is 6.40. The van der Waals surface area contributed by atoms with Gasteiger partial charge in [0.1, 0.15) is 0 Å². The lowest BCUT2D eigenvalue weighted by atomic mass is 9.91. The van der Waals surface area contributed by atoms with E-state index in [9.17, 15) is 22.8 Å². The van der Waals surface area contributed by atoms with Gasteiger partial charge in [-0.05, 0) is 54.7 Å². The van der Waals surface area contributed by atoms with Crippen molar-refractivity contribution in [2.24, 2.45) is 0 Å². The smallest absolute Gasteiger partial charge is 0.322 e. The molecule has 0 radical (unpaired) electrons. The molecule has 0 fully saturated rings. The Balaban J connectivity index is 1.67. The highest BCUT2D eigenvalue weighted by Gasteiger charge is 2.35. The van der Waals surface area contributed by atoms with E-state index in [1.54, 1.807) is 17.0 Å². The quantitative estimate of drug-likeness (QED) is 0.857. The van der Waals surface area contributed by atoms with Crippen LogP contribution < -0.4 is 10.2 Å². The van der Waals surface area contributed by atoms with Crippen LogP contribution in [0, 0.1) is 0 Å². The first-order chi connectivity index (χ1) is 12.8. The van der Waals surface area contributed by atoms with Crippen LogP contribution in [-0.2, 0) is 23.8 Å². The highest BCUT2D eigenvalue weighted by atomic mass is 19.4. The highest BCUT2D eigenvalue weighted by molar-refractivity contribution is 6.06.